The van der Waals surface area contributed by atoms with Crippen molar-refractivity contribution in [3.63, 3.8) is 0 Å². The van der Waals surface area contributed by atoms with Crippen LogP contribution in [0.5, 0.6) is 11.5 Å². The van der Waals surface area contributed by atoms with Crippen molar-refractivity contribution in [2.45, 2.75) is 24.2 Å². The number of morpholine rings is 1. The Hall–Kier alpha value is -3.28. The van der Waals surface area contributed by atoms with E-state index in [2.05, 4.69) is 5.32 Å². The second-order valence-electron chi connectivity index (χ2n) is 7.83. The molecule has 0 atom stereocenters. The number of carbonyl (C=O) groups excluding carboxylic acids is 3. The summed E-state index contributed by atoms with van der Waals surface area (Å²) in [7, 11) is -3.80. The van der Waals surface area contributed by atoms with Crippen LogP contribution in [0.3, 0.4) is 0 Å². The maximum Gasteiger partial charge on any atom is 0.243 e. The SMILES string of the molecule is O=C(CCN1C(=O)CCC1=O)Nc1cc(S(=O)(=O)N2CCOCC2)ccc1Oc1ccccc1. The largest absolute Gasteiger partial charge is 0.455 e. The van der Waals surface area contributed by atoms with Crippen LogP contribution in [0, 0.1) is 0 Å². The van der Waals surface area contributed by atoms with Gasteiger partial charge in [0.15, 0.2) is 5.75 Å². The highest BCUT2D eigenvalue weighted by Crippen LogP contribution is 2.33. The molecule has 2 aliphatic rings. The van der Waals surface area contributed by atoms with Crippen LogP contribution in [0.15, 0.2) is 53.4 Å². The van der Waals surface area contributed by atoms with Gasteiger partial charge in [0.05, 0.1) is 23.8 Å². The number of imide groups is 1. The van der Waals surface area contributed by atoms with E-state index in [0.717, 1.165) is 4.90 Å². The molecule has 4 rings (SSSR count). The van der Waals surface area contributed by atoms with Gasteiger partial charge in [-0.1, -0.05) is 18.2 Å². The van der Waals surface area contributed by atoms with E-state index in [1.165, 1.54) is 22.5 Å². The number of ether oxygens (including phenoxy) is 2. The average molecular weight is 488 g/mol. The number of hydrogen-bond donors (Lipinski definition) is 1. The molecular weight excluding hydrogens is 462 g/mol. The number of nitrogens with zero attached hydrogens (tertiary/aromatic N) is 2. The van der Waals surface area contributed by atoms with Gasteiger partial charge in [-0.2, -0.15) is 4.31 Å². The third-order valence-corrected chi connectivity index (χ3v) is 7.42. The van der Waals surface area contributed by atoms with E-state index in [1.807, 2.05) is 6.07 Å². The molecule has 34 heavy (non-hydrogen) atoms. The maximum absolute atomic E-state index is 13.1. The number of carbonyl (C=O) groups is 3. The first-order chi connectivity index (χ1) is 16.3. The van der Waals surface area contributed by atoms with Crippen LogP contribution < -0.4 is 10.1 Å². The predicted molar refractivity (Wildman–Crippen MR) is 122 cm³/mol. The quantitative estimate of drug-likeness (QED) is 0.565. The Morgan fingerprint density at radius 3 is 2.35 bits per heavy atom. The standard InChI is InChI=1S/C23H25N3O7S/c27-21(10-11-26-22(28)8-9-23(26)29)24-19-16-18(34(30,31)25-12-14-32-15-13-25)6-7-20(19)33-17-4-2-1-3-5-17/h1-7,16H,8-15H2,(H,24,27). The summed E-state index contributed by atoms with van der Waals surface area (Å²) in [6.07, 6.45) is 0.177. The zero-order valence-electron chi connectivity index (χ0n) is 18.4. The minimum absolute atomic E-state index is 0.00927. The molecule has 180 valence electrons. The van der Waals surface area contributed by atoms with Crippen molar-refractivity contribution in [3.8, 4) is 11.5 Å². The Morgan fingerprint density at radius 1 is 1.00 bits per heavy atom. The van der Waals surface area contributed by atoms with E-state index >= 15 is 0 Å². The first kappa shape index (κ1) is 23.9. The van der Waals surface area contributed by atoms with Gasteiger partial charge >= 0.3 is 0 Å². The molecule has 2 heterocycles. The van der Waals surface area contributed by atoms with Crippen LogP contribution in [0.4, 0.5) is 5.69 Å². The molecular formula is C23H25N3O7S. The monoisotopic (exact) mass is 487 g/mol. The molecule has 2 aromatic carbocycles. The van der Waals surface area contributed by atoms with Crippen molar-refractivity contribution in [1.82, 2.24) is 9.21 Å². The Bertz CT molecular complexity index is 1160. The van der Waals surface area contributed by atoms with Crippen LogP contribution >= 0.6 is 0 Å². The van der Waals surface area contributed by atoms with Crippen LogP contribution in [0.25, 0.3) is 0 Å². The third-order valence-electron chi connectivity index (χ3n) is 5.52. The lowest BCUT2D eigenvalue weighted by molar-refractivity contribution is -0.138. The molecule has 0 aromatic heterocycles. The predicted octanol–water partition coefficient (Wildman–Crippen LogP) is 1.98. The first-order valence-corrected chi connectivity index (χ1v) is 12.4. The molecule has 2 saturated heterocycles. The number of sulfonamides is 1. The fourth-order valence-corrected chi connectivity index (χ4v) is 5.14. The van der Waals surface area contributed by atoms with E-state index in [0.29, 0.717) is 19.0 Å². The number of benzene rings is 2. The summed E-state index contributed by atoms with van der Waals surface area (Å²) in [6, 6.07) is 13.1. The molecule has 0 unspecified atom stereocenters. The average Bonchev–Trinajstić information content (AvgIpc) is 3.17. The minimum Gasteiger partial charge on any atom is -0.455 e. The first-order valence-electron chi connectivity index (χ1n) is 10.9. The molecule has 0 aliphatic carbocycles. The van der Waals surface area contributed by atoms with Crippen molar-refractivity contribution in [2.75, 3.05) is 38.2 Å². The van der Waals surface area contributed by atoms with Crippen molar-refractivity contribution < 1.29 is 32.3 Å². The number of nitrogens with one attached hydrogen (secondary N) is 1. The Morgan fingerprint density at radius 2 is 1.68 bits per heavy atom. The molecule has 11 heteroatoms. The normalized spacial score (nSPS) is 17.1. The van der Waals surface area contributed by atoms with Gasteiger partial charge in [-0.3, -0.25) is 19.3 Å². The van der Waals surface area contributed by atoms with Crippen molar-refractivity contribution >= 4 is 33.4 Å². The van der Waals surface area contributed by atoms with Gasteiger partial charge in [0.25, 0.3) is 0 Å². The summed E-state index contributed by atoms with van der Waals surface area (Å²) in [5.74, 6) is -0.316. The molecule has 10 nitrogen and oxygen atoms in total. The van der Waals surface area contributed by atoms with E-state index in [1.54, 1.807) is 24.3 Å². The van der Waals surface area contributed by atoms with Gasteiger partial charge < -0.3 is 14.8 Å². The zero-order valence-corrected chi connectivity index (χ0v) is 19.3. The Balaban J connectivity index is 1.56. The van der Waals surface area contributed by atoms with Gasteiger partial charge in [-0.15, -0.1) is 0 Å². The molecule has 0 radical (unpaired) electrons. The number of amides is 3. The van der Waals surface area contributed by atoms with Gasteiger partial charge in [0, 0.05) is 38.9 Å². The summed E-state index contributed by atoms with van der Waals surface area (Å²) < 4.78 is 38.7. The van der Waals surface area contributed by atoms with E-state index < -0.39 is 15.9 Å². The van der Waals surface area contributed by atoms with Gasteiger partial charge in [-0.25, -0.2) is 8.42 Å². The van der Waals surface area contributed by atoms with E-state index in [-0.39, 0.29) is 67.0 Å². The summed E-state index contributed by atoms with van der Waals surface area (Å²) in [6.45, 7) is 1.07. The number of para-hydroxylation sites is 1. The molecule has 0 bridgehead atoms. The molecule has 2 fully saturated rings. The molecule has 2 aliphatic heterocycles. The highest BCUT2D eigenvalue weighted by molar-refractivity contribution is 7.89. The zero-order chi connectivity index (χ0) is 24.1. The fourth-order valence-electron chi connectivity index (χ4n) is 3.71. The van der Waals surface area contributed by atoms with Gasteiger partial charge in [-0.05, 0) is 30.3 Å². The highest BCUT2D eigenvalue weighted by Gasteiger charge is 2.30. The van der Waals surface area contributed by atoms with Crippen LogP contribution in [0.1, 0.15) is 19.3 Å². The fraction of sp³-hybridized carbons (Fsp3) is 0.348. The Labute approximate surface area is 197 Å². The van der Waals surface area contributed by atoms with E-state index in [4.69, 9.17) is 9.47 Å². The number of hydrogen-bond acceptors (Lipinski definition) is 7. The molecule has 1 N–H and O–H groups in total. The van der Waals surface area contributed by atoms with Gasteiger partial charge in [0.2, 0.25) is 27.7 Å². The number of likely N-dealkylation sites (tertiary alicyclic amines) is 1. The molecule has 0 saturated carbocycles. The lowest BCUT2D eigenvalue weighted by atomic mass is 10.2. The van der Waals surface area contributed by atoms with E-state index in [9.17, 15) is 22.8 Å². The van der Waals surface area contributed by atoms with Crippen LogP contribution in [0.2, 0.25) is 0 Å². The van der Waals surface area contributed by atoms with Crippen LogP contribution in [-0.4, -0.2) is 68.2 Å². The molecule has 0 spiro atoms. The lowest BCUT2D eigenvalue weighted by Gasteiger charge is -2.26. The smallest absolute Gasteiger partial charge is 0.243 e. The third kappa shape index (κ3) is 5.44. The van der Waals surface area contributed by atoms with Crippen molar-refractivity contribution in [1.29, 1.82) is 0 Å². The summed E-state index contributed by atoms with van der Waals surface area (Å²) in [5.41, 5.74) is 0.169. The second-order valence-corrected chi connectivity index (χ2v) is 9.76. The lowest BCUT2D eigenvalue weighted by Crippen LogP contribution is -2.40. The minimum atomic E-state index is -3.80. The second kappa shape index (κ2) is 10.3. The summed E-state index contributed by atoms with van der Waals surface area (Å²) >= 11 is 0. The summed E-state index contributed by atoms with van der Waals surface area (Å²) in [5, 5.41) is 2.68. The topological polar surface area (TPSA) is 122 Å². The summed E-state index contributed by atoms with van der Waals surface area (Å²) in [4.78, 5) is 37.3. The highest BCUT2D eigenvalue weighted by atomic mass is 32.2. The number of rotatable bonds is 8. The molecule has 2 aromatic rings. The van der Waals surface area contributed by atoms with Crippen molar-refractivity contribution in [2.24, 2.45) is 0 Å². The maximum atomic E-state index is 13.1. The van der Waals surface area contributed by atoms with Gasteiger partial charge in [0.1, 0.15) is 5.75 Å². The van der Waals surface area contributed by atoms with Crippen LogP contribution in [-0.2, 0) is 29.1 Å². The number of anilines is 1. The molecule has 3 amide bonds. The Kier molecular flexibility index (Phi) is 7.25. The van der Waals surface area contributed by atoms with Crippen molar-refractivity contribution in [3.05, 3.63) is 48.5 Å².